The molecule has 1 aromatic carbocycles. The Kier molecular flexibility index (Phi) is 4.09. The van der Waals surface area contributed by atoms with Crippen LogP contribution < -0.4 is 5.32 Å². The van der Waals surface area contributed by atoms with Crippen LogP contribution in [0.3, 0.4) is 0 Å². The second-order valence-electron chi connectivity index (χ2n) is 3.40. The van der Waals surface area contributed by atoms with E-state index in [1.165, 1.54) is 6.07 Å². The molecule has 0 atom stereocenters. The summed E-state index contributed by atoms with van der Waals surface area (Å²) in [5.41, 5.74) is 0.443. The van der Waals surface area contributed by atoms with Crippen molar-refractivity contribution < 1.29 is 13.9 Å². The first-order chi connectivity index (χ1) is 7.09. The lowest BCUT2D eigenvalue weighted by molar-refractivity contribution is 0.115. The van der Waals surface area contributed by atoms with Gasteiger partial charge in [0, 0.05) is 12.1 Å². The van der Waals surface area contributed by atoms with Gasteiger partial charge in [-0.3, -0.25) is 0 Å². The van der Waals surface area contributed by atoms with E-state index in [1.807, 2.05) is 0 Å². The summed E-state index contributed by atoms with van der Waals surface area (Å²) in [5.74, 6) is -0.331. The Morgan fingerprint density at radius 1 is 1.47 bits per heavy atom. The first-order valence-electron chi connectivity index (χ1n) is 4.77. The summed E-state index contributed by atoms with van der Waals surface area (Å²) in [4.78, 5) is 11.1. The third-order valence-corrected chi connectivity index (χ3v) is 1.72. The summed E-state index contributed by atoms with van der Waals surface area (Å²) < 4.78 is 17.9. The van der Waals surface area contributed by atoms with Crippen LogP contribution >= 0.6 is 0 Å². The summed E-state index contributed by atoms with van der Waals surface area (Å²) in [5, 5.41) is 2.47. The highest BCUT2D eigenvalue weighted by molar-refractivity contribution is 5.67. The number of rotatable bonds is 3. The quantitative estimate of drug-likeness (QED) is 0.834. The molecule has 0 aliphatic carbocycles. The minimum atomic E-state index is -0.534. The molecule has 0 spiro atoms. The highest BCUT2D eigenvalue weighted by Gasteiger charge is 2.06. The molecule has 0 aliphatic heterocycles. The molecule has 1 rings (SSSR count). The lowest BCUT2D eigenvalue weighted by Gasteiger charge is -2.09. The molecular weight excluding hydrogens is 197 g/mol. The number of ether oxygens (including phenoxy) is 1. The zero-order valence-electron chi connectivity index (χ0n) is 8.79. The normalized spacial score (nSPS) is 10.1. The SMILES string of the molecule is CC(C)OC(=O)NCc1ccccc1F. The number of benzene rings is 1. The van der Waals surface area contributed by atoms with E-state index in [1.54, 1.807) is 32.0 Å². The van der Waals surface area contributed by atoms with Gasteiger partial charge in [0.1, 0.15) is 5.82 Å². The standard InChI is InChI=1S/C11H14FNO2/c1-8(2)15-11(14)13-7-9-5-3-4-6-10(9)12/h3-6,8H,7H2,1-2H3,(H,13,14). The first-order valence-corrected chi connectivity index (χ1v) is 4.77. The van der Waals surface area contributed by atoms with Crippen LogP contribution in [-0.4, -0.2) is 12.2 Å². The van der Waals surface area contributed by atoms with Gasteiger partial charge >= 0.3 is 6.09 Å². The molecular formula is C11H14FNO2. The van der Waals surface area contributed by atoms with Crippen molar-refractivity contribution in [2.45, 2.75) is 26.5 Å². The molecule has 4 heteroatoms. The van der Waals surface area contributed by atoms with Gasteiger partial charge in [0.25, 0.3) is 0 Å². The molecule has 0 unspecified atom stereocenters. The molecule has 0 saturated carbocycles. The smallest absolute Gasteiger partial charge is 0.407 e. The number of carbonyl (C=O) groups is 1. The Balaban J connectivity index is 2.44. The van der Waals surface area contributed by atoms with Gasteiger partial charge in [-0.15, -0.1) is 0 Å². The third kappa shape index (κ3) is 3.97. The molecule has 0 fully saturated rings. The Bertz CT molecular complexity index is 339. The van der Waals surface area contributed by atoms with Crippen LogP contribution in [0.2, 0.25) is 0 Å². The number of hydrogen-bond acceptors (Lipinski definition) is 2. The molecule has 0 bridgehead atoms. The molecule has 0 aliphatic rings. The first kappa shape index (κ1) is 11.5. The Morgan fingerprint density at radius 3 is 2.73 bits per heavy atom. The molecule has 0 radical (unpaired) electrons. The van der Waals surface area contributed by atoms with Crippen molar-refractivity contribution in [1.82, 2.24) is 5.32 Å². The highest BCUT2D eigenvalue weighted by Crippen LogP contribution is 2.05. The maximum Gasteiger partial charge on any atom is 0.407 e. The van der Waals surface area contributed by atoms with Crippen molar-refractivity contribution in [2.24, 2.45) is 0 Å². The van der Waals surface area contributed by atoms with Gasteiger partial charge in [0.15, 0.2) is 0 Å². The number of nitrogens with one attached hydrogen (secondary N) is 1. The minimum Gasteiger partial charge on any atom is -0.447 e. The molecule has 15 heavy (non-hydrogen) atoms. The van der Waals surface area contributed by atoms with Gasteiger partial charge < -0.3 is 10.1 Å². The van der Waals surface area contributed by atoms with Crippen molar-refractivity contribution in [3.05, 3.63) is 35.6 Å². The summed E-state index contributed by atoms with van der Waals surface area (Å²) in [6.45, 7) is 3.64. The largest absolute Gasteiger partial charge is 0.447 e. The van der Waals surface area contributed by atoms with Crippen molar-refractivity contribution >= 4 is 6.09 Å². The second-order valence-corrected chi connectivity index (χ2v) is 3.40. The van der Waals surface area contributed by atoms with E-state index in [0.717, 1.165) is 0 Å². The number of alkyl carbamates (subject to hydrolysis) is 1. The van der Waals surface area contributed by atoms with E-state index in [0.29, 0.717) is 5.56 Å². The van der Waals surface area contributed by atoms with Gasteiger partial charge in [0.2, 0.25) is 0 Å². The molecule has 1 aromatic rings. The number of amides is 1. The number of halogens is 1. The summed E-state index contributed by atoms with van der Waals surface area (Å²) in [6.07, 6.45) is -0.709. The van der Waals surface area contributed by atoms with Crippen LogP contribution in [0.5, 0.6) is 0 Å². The maximum atomic E-state index is 13.1. The lowest BCUT2D eigenvalue weighted by atomic mass is 10.2. The van der Waals surface area contributed by atoms with Gasteiger partial charge in [-0.25, -0.2) is 9.18 Å². The monoisotopic (exact) mass is 211 g/mol. The fraction of sp³-hybridized carbons (Fsp3) is 0.364. The van der Waals surface area contributed by atoms with E-state index >= 15 is 0 Å². The van der Waals surface area contributed by atoms with E-state index in [4.69, 9.17) is 4.74 Å². The third-order valence-electron chi connectivity index (χ3n) is 1.72. The van der Waals surface area contributed by atoms with Crippen LogP contribution in [0.15, 0.2) is 24.3 Å². The Labute approximate surface area is 88.2 Å². The summed E-state index contributed by atoms with van der Waals surface area (Å²) >= 11 is 0. The molecule has 82 valence electrons. The molecule has 0 heterocycles. The van der Waals surface area contributed by atoms with Crippen molar-refractivity contribution in [3.63, 3.8) is 0 Å². The van der Waals surface area contributed by atoms with E-state index < -0.39 is 6.09 Å². The molecule has 1 amide bonds. The lowest BCUT2D eigenvalue weighted by Crippen LogP contribution is -2.26. The van der Waals surface area contributed by atoms with E-state index in [-0.39, 0.29) is 18.5 Å². The van der Waals surface area contributed by atoms with Gasteiger partial charge in [0.05, 0.1) is 6.10 Å². The maximum absolute atomic E-state index is 13.1. The minimum absolute atomic E-state index is 0.137. The average Bonchev–Trinajstić information content (AvgIpc) is 2.15. The molecule has 1 N–H and O–H groups in total. The predicted molar refractivity (Wildman–Crippen MR) is 54.9 cm³/mol. The summed E-state index contributed by atoms with van der Waals surface area (Å²) in [6, 6.07) is 6.29. The van der Waals surface area contributed by atoms with Crippen LogP contribution in [-0.2, 0) is 11.3 Å². The zero-order valence-corrected chi connectivity index (χ0v) is 8.79. The fourth-order valence-corrected chi connectivity index (χ4v) is 1.06. The van der Waals surface area contributed by atoms with E-state index in [9.17, 15) is 9.18 Å². The molecule has 0 saturated heterocycles. The molecule has 0 aromatic heterocycles. The predicted octanol–water partition coefficient (Wildman–Crippen LogP) is 2.46. The summed E-state index contributed by atoms with van der Waals surface area (Å²) in [7, 11) is 0. The zero-order chi connectivity index (χ0) is 11.3. The van der Waals surface area contributed by atoms with Crippen LogP contribution in [0.25, 0.3) is 0 Å². The Hall–Kier alpha value is -1.58. The van der Waals surface area contributed by atoms with Gasteiger partial charge in [-0.05, 0) is 19.9 Å². The average molecular weight is 211 g/mol. The van der Waals surface area contributed by atoms with E-state index in [2.05, 4.69) is 5.32 Å². The topological polar surface area (TPSA) is 38.3 Å². The van der Waals surface area contributed by atoms with Crippen molar-refractivity contribution in [1.29, 1.82) is 0 Å². The van der Waals surface area contributed by atoms with Crippen molar-refractivity contribution in [2.75, 3.05) is 0 Å². The van der Waals surface area contributed by atoms with Crippen LogP contribution in [0, 0.1) is 5.82 Å². The van der Waals surface area contributed by atoms with Crippen LogP contribution in [0.4, 0.5) is 9.18 Å². The van der Waals surface area contributed by atoms with Gasteiger partial charge in [-0.1, -0.05) is 18.2 Å². The fourth-order valence-electron chi connectivity index (χ4n) is 1.06. The number of hydrogen-bond donors (Lipinski definition) is 1. The number of carbonyl (C=O) groups excluding carboxylic acids is 1. The van der Waals surface area contributed by atoms with Crippen molar-refractivity contribution in [3.8, 4) is 0 Å². The highest BCUT2D eigenvalue weighted by atomic mass is 19.1. The van der Waals surface area contributed by atoms with Gasteiger partial charge in [-0.2, -0.15) is 0 Å². The Morgan fingerprint density at radius 2 is 2.13 bits per heavy atom. The second kappa shape index (κ2) is 5.34. The molecule has 3 nitrogen and oxygen atoms in total. The van der Waals surface area contributed by atoms with Crippen LogP contribution in [0.1, 0.15) is 19.4 Å².